The number of anilines is 1. The monoisotopic (exact) mass is 233 g/mol. The first-order valence-electron chi connectivity index (χ1n) is 5.00. The van der Waals surface area contributed by atoms with Gasteiger partial charge in [0, 0.05) is 12.3 Å². The van der Waals surface area contributed by atoms with Crippen molar-refractivity contribution in [3.05, 3.63) is 34.7 Å². The van der Waals surface area contributed by atoms with Crippen LogP contribution in [0.4, 0.5) is 5.69 Å². The molecule has 0 aliphatic carbocycles. The van der Waals surface area contributed by atoms with Crippen molar-refractivity contribution in [3.63, 3.8) is 0 Å². The molecule has 0 spiro atoms. The fourth-order valence-electron chi connectivity index (χ4n) is 1.56. The lowest BCUT2D eigenvalue weighted by atomic mass is 10.2. The highest BCUT2D eigenvalue weighted by Gasteiger charge is 2.09. The van der Waals surface area contributed by atoms with Crippen LogP contribution >= 0.6 is 0 Å². The number of hydrogen-bond donors (Lipinski definition) is 1. The Morgan fingerprint density at radius 1 is 1.41 bits per heavy atom. The summed E-state index contributed by atoms with van der Waals surface area (Å²) in [6.07, 6.45) is 0. The first kappa shape index (κ1) is 11.2. The molecule has 5 nitrogen and oxygen atoms in total. The lowest BCUT2D eigenvalue weighted by molar-refractivity contribution is -0.114. The predicted octanol–water partition coefficient (Wildman–Crippen LogP) is 1.76. The van der Waals surface area contributed by atoms with E-state index in [0.29, 0.717) is 16.7 Å². The van der Waals surface area contributed by atoms with E-state index in [9.17, 15) is 9.59 Å². The largest absolute Gasteiger partial charge is 0.493 e. The summed E-state index contributed by atoms with van der Waals surface area (Å²) in [7, 11) is 1.50. The van der Waals surface area contributed by atoms with Crippen LogP contribution in [0.3, 0.4) is 0 Å². The Morgan fingerprint density at radius 2 is 2.18 bits per heavy atom. The third kappa shape index (κ3) is 2.13. The minimum absolute atomic E-state index is 0.123. The highest BCUT2D eigenvalue weighted by atomic mass is 16.5. The van der Waals surface area contributed by atoms with Gasteiger partial charge in [0.15, 0.2) is 11.3 Å². The summed E-state index contributed by atoms with van der Waals surface area (Å²) >= 11 is 0. The molecule has 0 atom stereocenters. The van der Waals surface area contributed by atoms with E-state index in [-0.39, 0.29) is 11.6 Å². The van der Waals surface area contributed by atoms with Gasteiger partial charge in [-0.1, -0.05) is 12.1 Å². The van der Waals surface area contributed by atoms with E-state index in [1.54, 1.807) is 24.3 Å². The second kappa shape index (κ2) is 4.29. The van der Waals surface area contributed by atoms with Crippen LogP contribution in [0.2, 0.25) is 0 Å². The SMILES string of the molecule is COc1cccc2cc(NC(C)=O)c(=O)oc12. The average Bonchev–Trinajstić information content (AvgIpc) is 2.29. The van der Waals surface area contributed by atoms with Crippen molar-refractivity contribution in [1.29, 1.82) is 0 Å². The third-order valence-electron chi connectivity index (χ3n) is 2.25. The van der Waals surface area contributed by atoms with E-state index in [4.69, 9.17) is 9.15 Å². The Labute approximate surface area is 97.0 Å². The molecule has 1 heterocycles. The number of amides is 1. The van der Waals surface area contributed by atoms with Crippen LogP contribution in [0.1, 0.15) is 6.92 Å². The van der Waals surface area contributed by atoms with Gasteiger partial charge in [0.2, 0.25) is 5.91 Å². The number of ether oxygens (including phenoxy) is 1. The predicted molar refractivity (Wildman–Crippen MR) is 63.3 cm³/mol. The topological polar surface area (TPSA) is 68.5 Å². The number of para-hydroxylation sites is 1. The van der Waals surface area contributed by atoms with Crippen molar-refractivity contribution in [2.24, 2.45) is 0 Å². The zero-order valence-corrected chi connectivity index (χ0v) is 9.44. The summed E-state index contributed by atoms with van der Waals surface area (Å²) in [5.74, 6) is 0.161. The van der Waals surface area contributed by atoms with E-state index in [1.165, 1.54) is 14.0 Å². The number of rotatable bonds is 2. The van der Waals surface area contributed by atoms with Gasteiger partial charge in [-0.3, -0.25) is 4.79 Å². The molecule has 1 amide bonds. The number of hydrogen-bond acceptors (Lipinski definition) is 4. The van der Waals surface area contributed by atoms with Crippen LogP contribution < -0.4 is 15.7 Å². The summed E-state index contributed by atoms with van der Waals surface area (Å²) in [6.45, 7) is 1.33. The third-order valence-corrected chi connectivity index (χ3v) is 2.25. The highest BCUT2D eigenvalue weighted by Crippen LogP contribution is 2.25. The molecule has 17 heavy (non-hydrogen) atoms. The lowest BCUT2D eigenvalue weighted by Crippen LogP contribution is -2.14. The summed E-state index contributed by atoms with van der Waals surface area (Å²) in [6, 6.07) is 6.80. The van der Waals surface area contributed by atoms with Gasteiger partial charge < -0.3 is 14.5 Å². The smallest absolute Gasteiger partial charge is 0.360 e. The quantitative estimate of drug-likeness (QED) is 0.802. The van der Waals surface area contributed by atoms with E-state index < -0.39 is 5.63 Å². The molecule has 0 aliphatic heterocycles. The number of nitrogens with one attached hydrogen (secondary N) is 1. The van der Waals surface area contributed by atoms with E-state index in [1.807, 2.05) is 0 Å². The minimum atomic E-state index is -0.600. The molecular weight excluding hydrogens is 222 g/mol. The van der Waals surface area contributed by atoms with Crippen LogP contribution in [0.25, 0.3) is 11.0 Å². The van der Waals surface area contributed by atoms with Crippen molar-refractivity contribution in [2.45, 2.75) is 6.92 Å². The Balaban J connectivity index is 2.66. The van der Waals surface area contributed by atoms with Crippen molar-refractivity contribution >= 4 is 22.6 Å². The molecule has 5 heteroatoms. The van der Waals surface area contributed by atoms with Gasteiger partial charge in [-0.15, -0.1) is 0 Å². The summed E-state index contributed by atoms with van der Waals surface area (Å²) < 4.78 is 10.2. The highest BCUT2D eigenvalue weighted by molar-refractivity contribution is 5.92. The van der Waals surface area contributed by atoms with Crippen molar-refractivity contribution in [2.75, 3.05) is 12.4 Å². The number of fused-ring (bicyclic) bond motifs is 1. The van der Waals surface area contributed by atoms with E-state index >= 15 is 0 Å². The molecule has 1 aromatic heterocycles. The van der Waals surface area contributed by atoms with Crippen molar-refractivity contribution in [3.8, 4) is 5.75 Å². The fourth-order valence-corrected chi connectivity index (χ4v) is 1.56. The zero-order chi connectivity index (χ0) is 12.4. The fraction of sp³-hybridized carbons (Fsp3) is 0.167. The normalized spacial score (nSPS) is 10.2. The van der Waals surface area contributed by atoms with Crippen LogP contribution in [0, 0.1) is 0 Å². The maximum absolute atomic E-state index is 11.6. The lowest BCUT2D eigenvalue weighted by Gasteiger charge is -2.05. The summed E-state index contributed by atoms with van der Waals surface area (Å²) in [5, 5.41) is 3.10. The Morgan fingerprint density at radius 3 is 2.82 bits per heavy atom. The standard InChI is InChI=1S/C12H11NO4/c1-7(14)13-9-6-8-4-3-5-10(16-2)11(8)17-12(9)15/h3-6H,1-2H3,(H,13,14). The van der Waals surface area contributed by atoms with Crippen LogP contribution in [0.15, 0.2) is 33.5 Å². The molecular formula is C12H11NO4. The molecule has 1 aromatic carbocycles. The number of carbonyl (C=O) groups excluding carboxylic acids is 1. The number of benzene rings is 1. The van der Waals surface area contributed by atoms with Crippen LogP contribution in [0.5, 0.6) is 5.75 Å². The van der Waals surface area contributed by atoms with Crippen molar-refractivity contribution < 1.29 is 13.9 Å². The second-order valence-electron chi connectivity index (χ2n) is 3.51. The van der Waals surface area contributed by atoms with Gasteiger partial charge >= 0.3 is 5.63 Å². The maximum Gasteiger partial charge on any atom is 0.360 e. The van der Waals surface area contributed by atoms with Gasteiger partial charge in [-0.2, -0.15) is 0 Å². The van der Waals surface area contributed by atoms with Gasteiger partial charge in [0.1, 0.15) is 5.69 Å². The van der Waals surface area contributed by atoms with Gasteiger partial charge in [-0.25, -0.2) is 4.79 Å². The minimum Gasteiger partial charge on any atom is -0.493 e. The summed E-state index contributed by atoms with van der Waals surface area (Å²) in [5.41, 5.74) is -0.107. The molecule has 2 aromatic rings. The molecule has 0 bridgehead atoms. The van der Waals surface area contributed by atoms with Crippen molar-refractivity contribution in [1.82, 2.24) is 0 Å². The first-order chi connectivity index (χ1) is 8.11. The molecule has 2 rings (SSSR count). The zero-order valence-electron chi connectivity index (χ0n) is 9.44. The molecule has 88 valence electrons. The number of methoxy groups -OCH3 is 1. The van der Waals surface area contributed by atoms with Gasteiger partial charge in [0.05, 0.1) is 7.11 Å². The average molecular weight is 233 g/mol. The molecule has 0 radical (unpaired) electrons. The van der Waals surface area contributed by atoms with E-state index in [0.717, 1.165) is 0 Å². The van der Waals surface area contributed by atoms with Crippen LogP contribution in [-0.2, 0) is 4.79 Å². The Kier molecular flexibility index (Phi) is 2.82. The first-order valence-corrected chi connectivity index (χ1v) is 5.00. The number of carbonyl (C=O) groups is 1. The molecule has 0 aliphatic rings. The van der Waals surface area contributed by atoms with Gasteiger partial charge in [-0.05, 0) is 12.1 Å². The molecule has 0 unspecified atom stereocenters. The molecule has 1 N–H and O–H groups in total. The maximum atomic E-state index is 11.6. The molecule has 0 saturated carbocycles. The summed E-state index contributed by atoms with van der Waals surface area (Å²) in [4.78, 5) is 22.5. The molecule has 0 fully saturated rings. The Hall–Kier alpha value is -2.30. The van der Waals surface area contributed by atoms with Crippen LogP contribution in [-0.4, -0.2) is 13.0 Å². The van der Waals surface area contributed by atoms with E-state index in [2.05, 4.69) is 5.32 Å². The van der Waals surface area contributed by atoms with Gasteiger partial charge in [0.25, 0.3) is 0 Å². The Bertz CT molecular complexity index is 630. The second-order valence-corrected chi connectivity index (χ2v) is 3.51. The molecule has 0 saturated heterocycles.